The topological polar surface area (TPSA) is 20.3 Å². The largest absolute Gasteiger partial charge is 0.335 e. The van der Waals surface area contributed by atoms with Gasteiger partial charge in [0.05, 0.1) is 0 Å². The number of alkyl halides is 1. The summed E-state index contributed by atoms with van der Waals surface area (Å²) in [6.07, 6.45) is 2.21. The molecule has 1 heterocycles. The summed E-state index contributed by atoms with van der Waals surface area (Å²) in [7, 11) is 0. The zero-order valence-corrected chi connectivity index (χ0v) is 12.0. The third-order valence-corrected chi connectivity index (χ3v) is 4.18. The monoisotopic (exact) mass is 345 g/mol. The predicted molar refractivity (Wildman–Crippen MR) is 72.0 cm³/mol. The number of carbonyl (C=O) groups excluding carboxylic acids is 1. The second kappa shape index (κ2) is 5.32. The van der Waals surface area contributed by atoms with Crippen LogP contribution in [0.1, 0.15) is 23.2 Å². The highest BCUT2D eigenvalue weighted by atomic mass is 79.9. The van der Waals surface area contributed by atoms with E-state index in [-0.39, 0.29) is 5.91 Å². The minimum Gasteiger partial charge on any atom is -0.335 e. The smallest absolute Gasteiger partial charge is 0.254 e. The van der Waals surface area contributed by atoms with Gasteiger partial charge in [0.25, 0.3) is 5.91 Å². The van der Waals surface area contributed by atoms with Gasteiger partial charge in [-0.15, -0.1) is 0 Å². The van der Waals surface area contributed by atoms with Gasteiger partial charge in [-0.3, -0.25) is 4.79 Å². The van der Waals surface area contributed by atoms with E-state index in [4.69, 9.17) is 0 Å². The normalized spacial score (nSPS) is 20.1. The van der Waals surface area contributed by atoms with Crippen molar-refractivity contribution in [1.29, 1.82) is 0 Å². The highest BCUT2D eigenvalue weighted by Gasteiger charge is 2.28. The van der Waals surface area contributed by atoms with E-state index in [9.17, 15) is 4.79 Å². The van der Waals surface area contributed by atoms with E-state index in [1.165, 1.54) is 0 Å². The molecule has 0 aromatic heterocycles. The molecule has 0 aliphatic carbocycles. The average molecular weight is 347 g/mol. The van der Waals surface area contributed by atoms with E-state index in [2.05, 4.69) is 31.9 Å². The summed E-state index contributed by atoms with van der Waals surface area (Å²) in [4.78, 5) is 14.2. The van der Waals surface area contributed by atoms with Crippen molar-refractivity contribution < 1.29 is 4.79 Å². The quantitative estimate of drug-likeness (QED) is 0.751. The van der Waals surface area contributed by atoms with Gasteiger partial charge in [0.15, 0.2) is 0 Å². The molecule has 1 unspecified atom stereocenters. The molecule has 0 radical (unpaired) electrons. The molecule has 2 nitrogen and oxygen atoms in total. The molecule has 1 aliphatic rings. The maximum absolute atomic E-state index is 12.2. The van der Waals surface area contributed by atoms with Crippen molar-refractivity contribution >= 4 is 37.8 Å². The number of hydrogen-bond donors (Lipinski definition) is 0. The molecule has 1 atom stereocenters. The van der Waals surface area contributed by atoms with Gasteiger partial charge in [-0.1, -0.05) is 31.9 Å². The SMILES string of the molecule is O=C(c1ccc(Br)cc1)N1CCCC1CBr. The molecule has 4 heteroatoms. The zero-order valence-electron chi connectivity index (χ0n) is 8.83. The molecule has 0 N–H and O–H groups in total. The molecule has 1 aromatic rings. The predicted octanol–water partition coefficient (Wildman–Crippen LogP) is 3.45. The van der Waals surface area contributed by atoms with Crippen molar-refractivity contribution in [2.75, 3.05) is 11.9 Å². The number of likely N-dealkylation sites (tertiary alicyclic amines) is 1. The molecular formula is C12H13Br2NO. The van der Waals surface area contributed by atoms with Gasteiger partial charge in [-0.05, 0) is 37.1 Å². The van der Waals surface area contributed by atoms with Gasteiger partial charge in [0.2, 0.25) is 0 Å². The van der Waals surface area contributed by atoms with Gasteiger partial charge in [0.1, 0.15) is 0 Å². The number of nitrogens with zero attached hydrogens (tertiary/aromatic N) is 1. The van der Waals surface area contributed by atoms with Crippen LogP contribution in [0.3, 0.4) is 0 Å². The van der Waals surface area contributed by atoms with Crippen LogP contribution in [0, 0.1) is 0 Å². The van der Waals surface area contributed by atoms with Crippen LogP contribution in [0.2, 0.25) is 0 Å². The summed E-state index contributed by atoms with van der Waals surface area (Å²) in [6, 6.07) is 7.92. The van der Waals surface area contributed by atoms with Crippen LogP contribution in [0.15, 0.2) is 28.7 Å². The van der Waals surface area contributed by atoms with Gasteiger partial charge in [-0.2, -0.15) is 0 Å². The first-order valence-electron chi connectivity index (χ1n) is 5.35. The molecule has 0 saturated carbocycles. The minimum absolute atomic E-state index is 0.148. The Bertz CT molecular complexity index is 377. The zero-order chi connectivity index (χ0) is 11.5. The van der Waals surface area contributed by atoms with Crippen LogP contribution >= 0.6 is 31.9 Å². The Kier molecular flexibility index (Phi) is 4.03. The standard InChI is InChI=1S/C12H13Br2NO/c13-8-11-2-1-7-15(11)12(16)9-3-5-10(14)6-4-9/h3-6,11H,1-2,7-8H2. The Morgan fingerprint density at radius 3 is 2.69 bits per heavy atom. The van der Waals surface area contributed by atoms with Crippen molar-refractivity contribution in [3.8, 4) is 0 Å². The molecular weight excluding hydrogens is 334 g/mol. The fourth-order valence-electron chi connectivity index (χ4n) is 2.02. The Labute approximate surface area is 112 Å². The highest BCUT2D eigenvalue weighted by molar-refractivity contribution is 9.10. The Morgan fingerprint density at radius 2 is 2.06 bits per heavy atom. The number of hydrogen-bond acceptors (Lipinski definition) is 1. The molecule has 1 amide bonds. The number of carbonyl (C=O) groups is 1. The van der Waals surface area contributed by atoms with E-state index in [1.807, 2.05) is 29.2 Å². The fraction of sp³-hybridized carbons (Fsp3) is 0.417. The first-order chi connectivity index (χ1) is 7.72. The minimum atomic E-state index is 0.148. The van der Waals surface area contributed by atoms with Crippen LogP contribution in [0.4, 0.5) is 0 Å². The van der Waals surface area contributed by atoms with Crippen molar-refractivity contribution in [2.45, 2.75) is 18.9 Å². The summed E-state index contributed by atoms with van der Waals surface area (Å²) in [5.74, 6) is 0.148. The molecule has 2 rings (SSSR count). The molecule has 1 fully saturated rings. The van der Waals surface area contributed by atoms with Crippen LogP contribution in [0.5, 0.6) is 0 Å². The van der Waals surface area contributed by atoms with E-state index in [0.717, 1.165) is 34.8 Å². The van der Waals surface area contributed by atoms with Crippen LogP contribution in [-0.2, 0) is 0 Å². The third kappa shape index (κ3) is 2.48. The Morgan fingerprint density at radius 1 is 1.38 bits per heavy atom. The molecule has 86 valence electrons. The van der Waals surface area contributed by atoms with Gasteiger partial charge >= 0.3 is 0 Å². The number of rotatable bonds is 2. The number of amides is 1. The molecule has 1 aliphatic heterocycles. The van der Waals surface area contributed by atoms with Gasteiger partial charge in [-0.25, -0.2) is 0 Å². The van der Waals surface area contributed by atoms with Crippen LogP contribution in [-0.4, -0.2) is 28.7 Å². The Hall–Kier alpha value is -0.350. The summed E-state index contributed by atoms with van der Waals surface area (Å²) in [5.41, 5.74) is 0.774. The maximum Gasteiger partial charge on any atom is 0.254 e. The first-order valence-corrected chi connectivity index (χ1v) is 7.26. The average Bonchev–Trinajstić information content (AvgIpc) is 2.77. The van der Waals surface area contributed by atoms with Crippen molar-refractivity contribution in [3.05, 3.63) is 34.3 Å². The lowest BCUT2D eigenvalue weighted by Crippen LogP contribution is -2.36. The lowest BCUT2D eigenvalue weighted by Gasteiger charge is -2.23. The van der Waals surface area contributed by atoms with Crippen LogP contribution in [0.25, 0.3) is 0 Å². The maximum atomic E-state index is 12.2. The lowest BCUT2D eigenvalue weighted by atomic mass is 10.2. The van der Waals surface area contributed by atoms with Crippen molar-refractivity contribution in [3.63, 3.8) is 0 Å². The third-order valence-electron chi connectivity index (χ3n) is 2.91. The van der Waals surface area contributed by atoms with Crippen molar-refractivity contribution in [2.24, 2.45) is 0 Å². The summed E-state index contributed by atoms with van der Waals surface area (Å²) < 4.78 is 1.00. The molecule has 16 heavy (non-hydrogen) atoms. The van der Waals surface area contributed by atoms with Gasteiger partial charge in [0, 0.05) is 28.0 Å². The lowest BCUT2D eigenvalue weighted by molar-refractivity contribution is 0.0750. The fourth-order valence-corrected chi connectivity index (χ4v) is 2.96. The highest BCUT2D eigenvalue weighted by Crippen LogP contribution is 2.22. The second-order valence-corrected chi connectivity index (χ2v) is 5.52. The number of halogens is 2. The van der Waals surface area contributed by atoms with E-state index in [1.54, 1.807) is 0 Å². The summed E-state index contributed by atoms with van der Waals surface area (Å²) >= 11 is 6.84. The van der Waals surface area contributed by atoms with E-state index in [0.29, 0.717) is 6.04 Å². The van der Waals surface area contributed by atoms with E-state index < -0.39 is 0 Å². The van der Waals surface area contributed by atoms with Crippen LogP contribution < -0.4 is 0 Å². The summed E-state index contributed by atoms with van der Waals surface area (Å²) in [6.45, 7) is 0.880. The second-order valence-electron chi connectivity index (χ2n) is 3.96. The molecule has 0 spiro atoms. The molecule has 1 saturated heterocycles. The number of benzene rings is 1. The summed E-state index contributed by atoms with van der Waals surface area (Å²) in [5, 5.41) is 0.870. The van der Waals surface area contributed by atoms with Gasteiger partial charge < -0.3 is 4.90 Å². The van der Waals surface area contributed by atoms with E-state index >= 15 is 0 Å². The Balaban J connectivity index is 2.15. The van der Waals surface area contributed by atoms with Crippen molar-refractivity contribution in [1.82, 2.24) is 4.90 Å². The first kappa shape index (κ1) is 12.1. The molecule has 1 aromatic carbocycles. The molecule has 0 bridgehead atoms.